The number of aromatic nitrogens is 1. The van der Waals surface area contributed by atoms with E-state index in [2.05, 4.69) is 9.88 Å². The first-order valence-electron chi connectivity index (χ1n) is 8.32. The summed E-state index contributed by atoms with van der Waals surface area (Å²) in [6.45, 7) is 5.08. The van der Waals surface area contributed by atoms with Gasteiger partial charge in [0.15, 0.2) is 5.13 Å². The number of nitrogens with zero attached hydrogens (tertiary/aromatic N) is 3. The van der Waals surface area contributed by atoms with E-state index in [0.29, 0.717) is 18.5 Å². The first-order chi connectivity index (χ1) is 11.6. The molecule has 0 N–H and O–H groups in total. The van der Waals surface area contributed by atoms with E-state index in [1.165, 1.54) is 6.07 Å². The third-order valence-corrected chi connectivity index (χ3v) is 5.29. The first kappa shape index (κ1) is 16.9. The lowest BCUT2D eigenvalue weighted by Gasteiger charge is -2.23. The van der Waals surface area contributed by atoms with Gasteiger partial charge in [0, 0.05) is 44.2 Å². The summed E-state index contributed by atoms with van der Waals surface area (Å²) in [4.78, 5) is 21.1. The standard InChI is InChI=1S/C18H22FN3OS/c1-14(15-5-2-3-6-16(15)19)13-17(23)21-8-4-9-22(11-10-21)18-20-7-12-24-18/h2-3,5-7,12,14H,4,8-11,13H2,1H3/t14-/m1/s1. The Hall–Kier alpha value is -1.95. The summed E-state index contributed by atoms with van der Waals surface area (Å²) in [6.07, 6.45) is 3.08. The van der Waals surface area contributed by atoms with Crippen LogP contribution < -0.4 is 4.90 Å². The molecule has 3 rings (SSSR count). The summed E-state index contributed by atoms with van der Waals surface area (Å²) in [5, 5.41) is 2.99. The smallest absolute Gasteiger partial charge is 0.223 e. The van der Waals surface area contributed by atoms with Gasteiger partial charge in [0.25, 0.3) is 0 Å². The summed E-state index contributed by atoms with van der Waals surface area (Å²) < 4.78 is 13.9. The minimum Gasteiger partial charge on any atom is -0.346 e. The molecular weight excluding hydrogens is 325 g/mol. The molecule has 0 bridgehead atoms. The summed E-state index contributed by atoms with van der Waals surface area (Å²) in [5.41, 5.74) is 0.616. The van der Waals surface area contributed by atoms with Gasteiger partial charge in [-0.2, -0.15) is 0 Å². The van der Waals surface area contributed by atoms with Crippen LogP contribution in [0, 0.1) is 5.82 Å². The second-order valence-corrected chi connectivity index (χ2v) is 7.04. The van der Waals surface area contributed by atoms with Crippen molar-refractivity contribution < 1.29 is 9.18 Å². The van der Waals surface area contributed by atoms with Gasteiger partial charge in [0.2, 0.25) is 5.91 Å². The second kappa shape index (κ2) is 7.75. The summed E-state index contributed by atoms with van der Waals surface area (Å²) >= 11 is 1.63. The van der Waals surface area contributed by atoms with Crippen molar-refractivity contribution in [2.45, 2.75) is 25.7 Å². The van der Waals surface area contributed by atoms with Gasteiger partial charge < -0.3 is 9.80 Å². The van der Waals surface area contributed by atoms with E-state index in [1.54, 1.807) is 23.5 Å². The Bertz CT molecular complexity index is 677. The average molecular weight is 347 g/mol. The van der Waals surface area contributed by atoms with E-state index < -0.39 is 0 Å². The van der Waals surface area contributed by atoms with Crippen molar-refractivity contribution >= 4 is 22.4 Å². The molecule has 0 unspecified atom stereocenters. The number of halogens is 1. The third-order valence-electron chi connectivity index (χ3n) is 4.46. The monoisotopic (exact) mass is 347 g/mol. The molecule has 6 heteroatoms. The Kier molecular flexibility index (Phi) is 5.45. The Labute approximate surface area is 145 Å². The van der Waals surface area contributed by atoms with Gasteiger partial charge in [0.1, 0.15) is 5.82 Å². The molecule has 1 amide bonds. The van der Waals surface area contributed by atoms with Crippen molar-refractivity contribution in [1.29, 1.82) is 0 Å². The van der Waals surface area contributed by atoms with Crippen LogP contribution in [0.1, 0.15) is 31.2 Å². The molecule has 1 aliphatic rings. The molecule has 2 aromatic rings. The molecule has 1 saturated heterocycles. The van der Waals surface area contributed by atoms with Crippen molar-refractivity contribution in [3.05, 3.63) is 47.2 Å². The summed E-state index contributed by atoms with van der Waals surface area (Å²) in [7, 11) is 0. The number of thiazole rings is 1. The van der Waals surface area contributed by atoms with E-state index in [-0.39, 0.29) is 17.6 Å². The maximum absolute atomic E-state index is 13.9. The number of benzene rings is 1. The minimum absolute atomic E-state index is 0.103. The van der Waals surface area contributed by atoms with Crippen molar-refractivity contribution in [2.75, 3.05) is 31.1 Å². The highest BCUT2D eigenvalue weighted by Gasteiger charge is 2.22. The molecule has 1 fully saturated rings. The zero-order valence-corrected chi connectivity index (χ0v) is 14.6. The lowest BCUT2D eigenvalue weighted by atomic mass is 9.96. The molecule has 2 heterocycles. The molecule has 0 radical (unpaired) electrons. The van der Waals surface area contributed by atoms with Crippen LogP contribution in [0.15, 0.2) is 35.8 Å². The number of hydrogen-bond acceptors (Lipinski definition) is 4. The maximum Gasteiger partial charge on any atom is 0.223 e. The molecule has 0 aliphatic carbocycles. The summed E-state index contributed by atoms with van der Waals surface area (Å²) in [6, 6.07) is 6.71. The van der Waals surface area contributed by atoms with E-state index >= 15 is 0 Å². The Balaban J connectivity index is 1.58. The summed E-state index contributed by atoms with van der Waals surface area (Å²) in [5.74, 6) is -0.243. The predicted molar refractivity (Wildman–Crippen MR) is 95.0 cm³/mol. The topological polar surface area (TPSA) is 36.4 Å². The Morgan fingerprint density at radius 2 is 2.12 bits per heavy atom. The highest BCUT2D eigenvalue weighted by molar-refractivity contribution is 7.13. The van der Waals surface area contributed by atoms with Crippen molar-refractivity contribution in [3.8, 4) is 0 Å². The van der Waals surface area contributed by atoms with Crippen LogP contribution in [-0.4, -0.2) is 42.0 Å². The highest BCUT2D eigenvalue weighted by Crippen LogP contribution is 2.24. The van der Waals surface area contributed by atoms with Gasteiger partial charge in [-0.15, -0.1) is 11.3 Å². The van der Waals surface area contributed by atoms with Crippen LogP contribution in [0.2, 0.25) is 0 Å². The molecule has 4 nitrogen and oxygen atoms in total. The fraction of sp³-hybridized carbons (Fsp3) is 0.444. The van der Waals surface area contributed by atoms with Crippen molar-refractivity contribution in [1.82, 2.24) is 9.88 Å². The van der Waals surface area contributed by atoms with Gasteiger partial charge in [-0.05, 0) is 24.0 Å². The van der Waals surface area contributed by atoms with Crippen LogP contribution in [0.25, 0.3) is 0 Å². The molecule has 1 aromatic carbocycles. The molecule has 128 valence electrons. The van der Waals surface area contributed by atoms with Gasteiger partial charge in [-0.3, -0.25) is 4.79 Å². The Morgan fingerprint density at radius 3 is 2.88 bits per heavy atom. The van der Waals surface area contributed by atoms with E-state index in [4.69, 9.17) is 0 Å². The number of anilines is 1. The number of hydrogen-bond donors (Lipinski definition) is 0. The fourth-order valence-electron chi connectivity index (χ4n) is 3.11. The van der Waals surface area contributed by atoms with E-state index in [0.717, 1.165) is 31.2 Å². The van der Waals surface area contributed by atoms with E-state index in [1.807, 2.05) is 29.5 Å². The number of rotatable bonds is 4. The number of carbonyl (C=O) groups is 1. The van der Waals surface area contributed by atoms with Crippen LogP contribution in [0.3, 0.4) is 0 Å². The lowest BCUT2D eigenvalue weighted by Crippen LogP contribution is -2.35. The van der Waals surface area contributed by atoms with Gasteiger partial charge in [-0.1, -0.05) is 25.1 Å². The molecular formula is C18H22FN3OS. The van der Waals surface area contributed by atoms with Crippen LogP contribution in [0.5, 0.6) is 0 Å². The zero-order valence-electron chi connectivity index (χ0n) is 13.8. The van der Waals surface area contributed by atoms with Gasteiger partial charge >= 0.3 is 0 Å². The Morgan fingerprint density at radius 1 is 1.29 bits per heavy atom. The minimum atomic E-state index is -0.233. The number of carbonyl (C=O) groups excluding carboxylic acids is 1. The quantitative estimate of drug-likeness (QED) is 0.849. The average Bonchev–Trinajstić information content (AvgIpc) is 2.99. The zero-order chi connectivity index (χ0) is 16.9. The molecule has 24 heavy (non-hydrogen) atoms. The first-order valence-corrected chi connectivity index (χ1v) is 9.20. The fourth-order valence-corrected chi connectivity index (χ4v) is 3.80. The van der Waals surface area contributed by atoms with Crippen LogP contribution >= 0.6 is 11.3 Å². The number of amides is 1. The van der Waals surface area contributed by atoms with Crippen molar-refractivity contribution in [2.24, 2.45) is 0 Å². The largest absolute Gasteiger partial charge is 0.346 e. The molecule has 1 aliphatic heterocycles. The molecule has 1 atom stereocenters. The van der Waals surface area contributed by atoms with Crippen molar-refractivity contribution in [3.63, 3.8) is 0 Å². The molecule has 0 saturated carbocycles. The SMILES string of the molecule is C[C@H](CC(=O)N1CCCN(c2nccs2)CC1)c1ccccc1F. The predicted octanol–water partition coefficient (Wildman–Crippen LogP) is 3.51. The van der Waals surface area contributed by atoms with Crippen LogP contribution in [0.4, 0.5) is 9.52 Å². The lowest BCUT2D eigenvalue weighted by molar-refractivity contribution is -0.131. The van der Waals surface area contributed by atoms with Gasteiger partial charge in [-0.25, -0.2) is 9.37 Å². The second-order valence-electron chi connectivity index (χ2n) is 6.16. The maximum atomic E-state index is 13.9. The van der Waals surface area contributed by atoms with E-state index in [9.17, 15) is 9.18 Å². The normalized spacial score (nSPS) is 16.8. The highest BCUT2D eigenvalue weighted by atomic mass is 32.1. The molecule has 0 spiro atoms. The molecule has 1 aromatic heterocycles. The van der Waals surface area contributed by atoms with Crippen LogP contribution in [-0.2, 0) is 4.79 Å². The third kappa shape index (κ3) is 3.93. The van der Waals surface area contributed by atoms with Gasteiger partial charge in [0.05, 0.1) is 0 Å².